The van der Waals surface area contributed by atoms with Gasteiger partial charge in [-0.05, 0) is 38.2 Å². The zero-order chi connectivity index (χ0) is 17.4. The van der Waals surface area contributed by atoms with Crippen LogP contribution in [0.15, 0.2) is 29.3 Å². The lowest BCUT2D eigenvalue weighted by atomic mass is 9.95. The maximum atomic E-state index is 12.1. The Morgan fingerprint density at radius 2 is 2.21 bits per heavy atom. The number of hydrogen-bond acceptors (Lipinski definition) is 2. The van der Waals surface area contributed by atoms with Gasteiger partial charge in [-0.25, -0.2) is 0 Å². The van der Waals surface area contributed by atoms with Crippen molar-refractivity contribution >= 4 is 16.8 Å². The molecule has 1 fully saturated rings. The molecule has 1 aromatic carbocycles. The summed E-state index contributed by atoms with van der Waals surface area (Å²) in [7, 11) is 1.13. The molecular weight excluding hydrogens is 318 g/mol. The fourth-order valence-corrected chi connectivity index (χ4v) is 4.68. The molecular formula is C19H31N3OS. The Balaban J connectivity index is 1.78. The van der Waals surface area contributed by atoms with Gasteiger partial charge in [0.25, 0.3) is 0 Å². The van der Waals surface area contributed by atoms with Gasteiger partial charge in [-0.15, -0.1) is 0 Å². The van der Waals surface area contributed by atoms with Gasteiger partial charge in [0, 0.05) is 41.4 Å². The molecule has 0 spiro atoms. The minimum absolute atomic E-state index is 0.339. The van der Waals surface area contributed by atoms with Crippen molar-refractivity contribution < 1.29 is 4.21 Å². The normalized spacial score (nSPS) is 22.9. The zero-order valence-corrected chi connectivity index (χ0v) is 16.0. The second-order valence-corrected chi connectivity index (χ2v) is 8.54. The van der Waals surface area contributed by atoms with Gasteiger partial charge in [0.15, 0.2) is 5.96 Å². The highest BCUT2D eigenvalue weighted by atomic mass is 32.2. The lowest BCUT2D eigenvalue weighted by Gasteiger charge is -2.30. The maximum Gasteiger partial charge on any atom is 0.191 e. The van der Waals surface area contributed by atoms with E-state index in [4.69, 9.17) is 0 Å². The summed E-state index contributed by atoms with van der Waals surface area (Å²) in [6.07, 6.45) is 5.34. The van der Waals surface area contributed by atoms with Crippen LogP contribution < -0.4 is 10.6 Å². The van der Waals surface area contributed by atoms with Crippen molar-refractivity contribution in [1.29, 1.82) is 0 Å². The van der Waals surface area contributed by atoms with E-state index in [0.717, 1.165) is 50.4 Å². The van der Waals surface area contributed by atoms with Crippen molar-refractivity contribution in [2.75, 3.05) is 19.3 Å². The zero-order valence-electron chi connectivity index (χ0n) is 15.2. The first-order valence-corrected chi connectivity index (χ1v) is 10.4. The van der Waals surface area contributed by atoms with E-state index < -0.39 is 10.8 Å². The van der Waals surface area contributed by atoms with Crippen LogP contribution in [-0.4, -0.2) is 40.8 Å². The van der Waals surface area contributed by atoms with Gasteiger partial charge in [0.1, 0.15) is 0 Å². The number of benzene rings is 1. The summed E-state index contributed by atoms with van der Waals surface area (Å²) in [5, 5.41) is 7.26. The van der Waals surface area contributed by atoms with Gasteiger partial charge < -0.3 is 10.6 Å². The average molecular weight is 350 g/mol. The van der Waals surface area contributed by atoms with Crippen molar-refractivity contribution in [3.05, 3.63) is 35.4 Å². The first kappa shape index (κ1) is 19.0. The molecule has 2 N–H and O–H groups in total. The molecule has 24 heavy (non-hydrogen) atoms. The number of aryl methyl sites for hydroxylation is 1. The van der Waals surface area contributed by atoms with Crippen LogP contribution in [-0.2, 0) is 17.2 Å². The molecule has 3 unspecified atom stereocenters. The van der Waals surface area contributed by atoms with Crippen molar-refractivity contribution in [2.24, 2.45) is 4.99 Å². The molecule has 0 bridgehead atoms. The third kappa shape index (κ3) is 5.93. The summed E-state index contributed by atoms with van der Waals surface area (Å²) in [5.41, 5.74) is 2.64. The third-order valence-corrected chi connectivity index (χ3v) is 6.38. The minimum atomic E-state index is -0.684. The topological polar surface area (TPSA) is 53.5 Å². The monoisotopic (exact) mass is 349 g/mol. The number of nitrogens with zero attached hydrogens (tertiary/aromatic N) is 1. The van der Waals surface area contributed by atoms with Crippen LogP contribution >= 0.6 is 0 Å². The van der Waals surface area contributed by atoms with Crippen LogP contribution in [0.25, 0.3) is 0 Å². The van der Waals surface area contributed by atoms with Crippen LogP contribution in [0.3, 0.4) is 0 Å². The summed E-state index contributed by atoms with van der Waals surface area (Å²) in [6.45, 7) is 5.00. The Kier molecular flexibility index (Phi) is 7.76. The van der Waals surface area contributed by atoms with E-state index in [0.29, 0.717) is 11.3 Å². The SMILES string of the molecule is CCS(=O)C1CCCC(NC(=NC)NCCc2cccc(C)c2)C1. The van der Waals surface area contributed by atoms with Crippen molar-refractivity contribution in [3.8, 4) is 0 Å². The van der Waals surface area contributed by atoms with Crippen molar-refractivity contribution in [3.63, 3.8) is 0 Å². The summed E-state index contributed by atoms with van der Waals surface area (Å²) in [6, 6.07) is 9.00. The molecule has 1 aliphatic carbocycles. The van der Waals surface area contributed by atoms with Gasteiger partial charge >= 0.3 is 0 Å². The molecule has 0 aromatic heterocycles. The molecule has 1 saturated carbocycles. The van der Waals surface area contributed by atoms with E-state index in [1.807, 2.05) is 14.0 Å². The van der Waals surface area contributed by atoms with E-state index in [1.54, 1.807) is 0 Å². The Labute approximate surface area is 149 Å². The second kappa shape index (κ2) is 9.82. The van der Waals surface area contributed by atoms with Crippen LogP contribution in [0, 0.1) is 6.92 Å². The fraction of sp³-hybridized carbons (Fsp3) is 0.632. The first-order valence-electron chi connectivity index (χ1n) is 9.02. The largest absolute Gasteiger partial charge is 0.356 e. The minimum Gasteiger partial charge on any atom is -0.356 e. The second-order valence-electron chi connectivity index (χ2n) is 6.54. The van der Waals surface area contributed by atoms with Gasteiger partial charge in [-0.3, -0.25) is 9.20 Å². The number of guanidine groups is 1. The fourth-order valence-electron chi connectivity index (χ4n) is 3.33. The van der Waals surface area contributed by atoms with E-state index >= 15 is 0 Å². The molecule has 0 aliphatic heterocycles. The number of aliphatic imine (C=N–C) groups is 1. The highest BCUT2D eigenvalue weighted by molar-refractivity contribution is 7.85. The summed E-state index contributed by atoms with van der Waals surface area (Å²) < 4.78 is 12.1. The Bertz CT molecular complexity index is 573. The molecule has 1 aromatic rings. The van der Waals surface area contributed by atoms with Crippen LogP contribution in [0.5, 0.6) is 0 Å². The number of nitrogens with one attached hydrogen (secondary N) is 2. The summed E-state index contributed by atoms with van der Waals surface area (Å²) in [4.78, 5) is 4.34. The molecule has 5 heteroatoms. The van der Waals surface area contributed by atoms with E-state index in [1.165, 1.54) is 11.1 Å². The van der Waals surface area contributed by atoms with E-state index in [2.05, 4.69) is 46.8 Å². The smallest absolute Gasteiger partial charge is 0.191 e. The quantitative estimate of drug-likeness (QED) is 0.613. The third-order valence-electron chi connectivity index (χ3n) is 4.64. The lowest BCUT2D eigenvalue weighted by molar-refractivity contribution is 0.413. The molecule has 4 nitrogen and oxygen atoms in total. The highest BCUT2D eigenvalue weighted by Gasteiger charge is 2.25. The Morgan fingerprint density at radius 3 is 2.92 bits per heavy atom. The highest BCUT2D eigenvalue weighted by Crippen LogP contribution is 2.22. The number of rotatable bonds is 6. The van der Waals surface area contributed by atoms with Crippen molar-refractivity contribution in [2.45, 2.75) is 57.2 Å². The molecule has 2 rings (SSSR count). The van der Waals surface area contributed by atoms with E-state index in [-0.39, 0.29) is 0 Å². The molecule has 134 valence electrons. The van der Waals surface area contributed by atoms with Gasteiger partial charge in [-0.2, -0.15) is 0 Å². The average Bonchev–Trinajstić information content (AvgIpc) is 2.60. The standard InChI is InChI=1S/C19H31N3OS/c1-4-24(23)18-10-6-9-17(14-18)22-19(20-3)21-12-11-16-8-5-7-15(2)13-16/h5,7-8,13,17-18H,4,6,9-12,14H2,1-3H3,(H2,20,21,22). The Morgan fingerprint density at radius 1 is 1.38 bits per heavy atom. The van der Waals surface area contributed by atoms with Crippen molar-refractivity contribution in [1.82, 2.24) is 10.6 Å². The molecule has 0 heterocycles. The molecule has 0 amide bonds. The molecule has 0 saturated heterocycles. The first-order chi connectivity index (χ1) is 11.6. The predicted molar refractivity (Wildman–Crippen MR) is 104 cm³/mol. The Hall–Kier alpha value is -1.36. The van der Waals surface area contributed by atoms with Crippen LogP contribution in [0.1, 0.15) is 43.7 Å². The number of hydrogen-bond donors (Lipinski definition) is 2. The van der Waals surface area contributed by atoms with Crippen LogP contribution in [0.4, 0.5) is 0 Å². The summed E-state index contributed by atoms with van der Waals surface area (Å²) >= 11 is 0. The summed E-state index contributed by atoms with van der Waals surface area (Å²) in [5.74, 6) is 1.62. The van der Waals surface area contributed by atoms with E-state index in [9.17, 15) is 4.21 Å². The predicted octanol–water partition coefficient (Wildman–Crippen LogP) is 2.78. The van der Waals surface area contributed by atoms with Gasteiger partial charge in [0.05, 0.1) is 0 Å². The molecule has 3 atom stereocenters. The lowest BCUT2D eigenvalue weighted by Crippen LogP contribution is -2.47. The van der Waals surface area contributed by atoms with Gasteiger partial charge in [-0.1, -0.05) is 43.2 Å². The molecule has 1 aliphatic rings. The van der Waals surface area contributed by atoms with Gasteiger partial charge in [0.2, 0.25) is 0 Å². The maximum absolute atomic E-state index is 12.1. The van der Waals surface area contributed by atoms with Crippen LogP contribution in [0.2, 0.25) is 0 Å². The molecule has 0 radical (unpaired) electrons.